The van der Waals surface area contributed by atoms with Crippen LogP contribution in [0.1, 0.15) is 38.2 Å². The van der Waals surface area contributed by atoms with E-state index in [1.54, 1.807) is 0 Å². The second-order valence-electron chi connectivity index (χ2n) is 6.32. The first-order chi connectivity index (χ1) is 9.49. The molecule has 1 fully saturated rings. The van der Waals surface area contributed by atoms with Crippen molar-refractivity contribution in [2.75, 3.05) is 11.4 Å². The Bertz CT molecular complexity index is 541. The van der Waals surface area contributed by atoms with E-state index in [0.717, 1.165) is 48.8 Å². The van der Waals surface area contributed by atoms with Crippen LogP contribution in [0.25, 0.3) is 0 Å². The number of carbonyl (C=O) groups excluding carboxylic acids is 1. The highest BCUT2D eigenvalue weighted by Crippen LogP contribution is 2.37. The molecule has 1 amide bonds. The summed E-state index contributed by atoms with van der Waals surface area (Å²) in [6.07, 6.45) is 5.07. The summed E-state index contributed by atoms with van der Waals surface area (Å²) in [4.78, 5) is 14.9. The molecule has 4 heteroatoms. The molecule has 1 saturated carbocycles. The molecule has 0 aromatic heterocycles. The van der Waals surface area contributed by atoms with Crippen LogP contribution < -0.4 is 10.6 Å². The van der Waals surface area contributed by atoms with E-state index >= 15 is 0 Å². The molecule has 0 saturated heterocycles. The Morgan fingerprint density at radius 3 is 3.00 bits per heavy atom. The SMILES string of the molecule is CC1(N)CCCCC1C(=O)N1CCc2ccc(Br)cc21. The van der Waals surface area contributed by atoms with Gasteiger partial charge in [0.15, 0.2) is 0 Å². The molecular formula is C16H21BrN2O. The van der Waals surface area contributed by atoms with Crippen molar-refractivity contribution in [1.29, 1.82) is 0 Å². The lowest BCUT2D eigenvalue weighted by atomic mass is 9.74. The van der Waals surface area contributed by atoms with Crippen molar-refractivity contribution in [1.82, 2.24) is 0 Å². The number of nitrogens with two attached hydrogens (primary N) is 1. The van der Waals surface area contributed by atoms with Crippen molar-refractivity contribution < 1.29 is 4.79 Å². The highest BCUT2D eigenvalue weighted by Gasteiger charge is 2.41. The molecule has 0 radical (unpaired) electrons. The van der Waals surface area contributed by atoms with Crippen LogP contribution in [0.2, 0.25) is 0 Å². The van der Waals surface area contributed by atoms with E-state index < -0.39 is 0 Å². The minimum Gasteiger partial charge on any atom is -0.325 e. The maximum absolute atomic E-state index is 12.9. The number of halogens is 1. The molecule has 3 rings (SSSR count). The van der Waals surface area contributed by atoms with Gasteiger partial charge in [0.2, 0.25) is 5.91 Å². The van der Waals surface area contributed by atoms with Crippen LogP contribution >= 0.6 is 15.9 Å². The third-order valence-corrected chi connectivity index (χ3v) is 5.25. The van der Waals surface area contributed by atoms with Crippen molar-refractivity contribution >= 4 is 27.5 Å². The van der Waals surface area contributed by atoms with Crippen molar-refractivity contribution in [3.63, 3.8) is 0 Å². The first kappa shape index (κ1) is 14.1. The van der Waals surface area contributed by atoms with Crippen molar-refractivity contribution in [2.24, 2.45) is 11.7 Å². The third-order valence-electron chi connectivity index (χ3n) is 4.76. The number of anilines is 1. The van der Waals surface area contributed by atoms with E-state index in [-0.39, 0.29) is 17.4 Å². The summed E-state index contributed by atoms with van der Waals surface area (Å²) in [6, 6.07) is 6.20. The summed E-state index contributed by atoms with van der Waals surface area (Å²) in [5.74, 6) is 0.174. The zero-order valence-corrected chi connectivity index (χ0v) is 13.4. The molecule has 0 bridgehead atoms. The zero-order chi connectivity index (χ0) is 14.3. The van der Waals surface area contributed by atoms with Gasteiger partial charge in [0.25, 0.3) is 0 Å². The van der Waals surface area contributed by atoms with Gasteiger partial charge in [-0.1, -0.05) is 34.8 Å². The zero-order valence-electron chi connectivity index (χ0n) is 11.9. The number of hydrogen-bond acceptors (Lipinski definition) is 2. The quantitative estimate of drug-likeness (QED) is 0.855. The highest BCUT2D eigenvalue weighted by molar-refractivity contribution is 9.10. The number of fused-ring (bicyclic) bond motifs is 1. The molecule has 2 N–H and O–H groups in total. The Morgan fingerprint density at radius 2 is 2.25 bits per heavy atom. The molecule has 1 aliphatic carbocycles. The Morgan fingerprint density at radius 1 is 1.45 bits per heavy atom. The molecule has 20 heavy (non-hydrogen) atoms. The van der Waals surface area contributed by atoms with Gasteiger partial charge in [-0.05, 0) is 43.9 Å². The molecule has 3 nitrogen and oxygen atoms in total. The molecule has 2 unspecified atom stereocenters. The minimum atomic E-state index is -0.357. The largest absolute Gasteiger partial charge is 0.325 e. The molecule has 1 heterocycles. The Hall–Kier alpha value is -0.870. The van der Waals surface area contributed by atoms with Crippen molar-refractivity contribution in [3.05, 3.63) is 28.2 Å². The highest BCUT2D eigenvalue weighted by atomic mass is 79.9. The molecule has 1 aromatic rings. The third kappa shape index (κ3) is 2.40. The Balaban J connectivity index is 1.88. The van der Waals surface area contributed by atoms with E-state index in [2.05, 4.69) is 28.1 Å². The van der Waals surface area contributed by atoms with Gasteiger partial charge >= 0.3 is 0 Å². The summed E-state index contributed by atoms with van der Waals surface area (Å²) in [7, 11) is 0. The first-order valence-corrected chi connectivity index (χ1v) is 8.17. The topological polar surface area (TPSA) is 46.3 Å². The van der Waals surface area contributed by atoms with Gasteiger partial charge in [-0.3, -0.25) is 4.79 Å². The van der Waals surface area contributed by atoms with Gasteiger partial charge in [0.1, 0.15) is 0 Å². The van der Waals surface area contributed by atoms with Gasteiger partial charge in [-0.2, -0.15) is 0 Å². The van der Waals surface area contributed by atoms with Gasteiger partial charge in [-0.25, -0.2) is 0 Å². The summed E-state index contributed by atoms with van der Waals surface area (Å²) in [5, 5.41) is 0. The van der Waals surface area contributed by atoms with Gasteiger partial charge in [-0.15, -0.1) is 0 Å². The molecular weight excluding hydrogens is 316 g/mol. The van der Waals surface area contributed by atoms with Crippen LogP contribution in [0, 0.1) is 5.92 Å². The number of hydrogen-bond donors (Lipinski definition) is 1. The number of rotatable bonds is 1. The summed E-state index contributed by atoms with van der Waals surface area (Å²) < 4.78 is 1.02. The maximum atomic E-state index is 12.9. The number of benzene rings is 1. The van der Waals surface area contributed by atoms with Crippen LogP contribution in [-0.2, 0) is 11.2 Å². The van der Waals surface area contributed by atoms with E-state index in [9.17, 15) is 4.79 Å². The Kier molecular flexibility index (Phi) is 3.63. The molecule has 0 spiro atoms. The lowest BCUT2D eigenvalue weighted by molar-refractivity contribution is -0.125. The Labute approximate surface area is 128 Å². The molecule has 2 atom stereocenters. The lowest BCUT2D eigenvalue weighted by Gasteiger charge is -2.39. The normalized spacial score (nSPS) is 29.4. The van der Waals surface area contributed by atoms with Gasteiger partial charge in [0.05, 0.1) is 5.92 Å². The summed E-state index contributed by atoms with van der Waals surface area (Å²) in [5.41, 5.74) is 8.35. The van der Waals surface area contributed by atoms with Crippen LogP contribution in [0.3, 0.4) is 0 Å². The monoisotopic (exact) mass is 336 g/mol. The maximum Gasteiger partial charge on any atom is 0.231 e. The van der Waals surface area contributed by atoms with Crippen molar-refractivity contribution in [2.45, 2.75) is 44.6 Å². The summed E-state index contributed by atoms with van der Waals surface area (Å²) in [6.45, 7) is 2.82. The first-order valence-electron chi connectivity index (χ1n) is 7.38. The fraction of sp³-hybridized carbons (Fsp3) is 0.562. The van der Waals surface area contributed by atoms with Crippen LogP contribution in [0.4, 0.5) is 5.69 Å². The minimum absolute atomic E-state index is 0.0406. The second kappa shape index (κ2) is 5.15. The number of nitrogens with zero attached hydrogens (tertiary/aromatic N) is 1. The van der Waals surface area contributed by atoms with E-state index in [0.29, 0.717) is 0 Å². The molecule has 1 aliphatic heterocycles. The predicted molar refractivity (Wildman–Crippen MR) is 84.7 cm³/mol. The van der Waals surface area contributed by atoms with E-state index in [4.69, 9.17) is 5.73 Å². The standard InChI is InChI=1S/C16H21BrN2O/c1-16(18)8-3-2-4-13(16)15(20)19-9-7-11-5-6-12(17)10-14(11)19/h5-6,10,13H,2-4,7-9,18H2,1H3. The predicted octanol–water partition coefficient (Wildman–Crippen LogP) is 3.25. The number of amides is 1. The smallest absolute Gasteiger partial charge is 0.231 e. The summed E-state index contributed by atoms with van der Waals surface area (Å²) >= 11 is 3.50. The fourth-order valence-electron chi connectivity index (χ4n) is 3.53. The molecule has 108 valence electrons. The van der Waals surface area contributed by atoms with Crippen molar-refractivity contribution in [3.8, 4) is 0 Å². The number of carbonyl (C=O) groups is 1. The van der Waals surface area contributed by atoms with Gasteiger partial charge < -0.3 is 10.6 Å². The lowest BCUT2D eigenvalue weighted by Crippen LogP contribution is -2.53. The van der Waals surface area contributed by atoms with Crippen LogP contribution in [0.15, 0.2) is 22.7 Å². The van der Waals surface area contributed by atoms with E-state index in [1.165, 1.54) is 5.56 Å². The fourth-order valence-corrected chi connectivity index (χ4v) is 3.88. The average Bonchev–Trinajstić information content (AvgIpc) is 2.80. The molecule has 1 aromatic carbocycles. The van der Waals surface area contributed by atoms with Gasteiger partial charge in [0, 0.05) is 22.2 Å². The average molecular weight is 337 g/mol. The second-order valence-corrected chi connectivity index (χ2v) is 7.23. The molecule has 2 aliphatic rings. The van der Waals surface area contributed by atoms with Crippen LogP contribution in [0.5, 0.6) is 0 Å². The van der Waals surface area contributed by atoms with Crippen LogP contribution in [-0.4, -0.2) is 18.0 Å². The van der Waals surface area contributed by atoms with E-state index in [1.807, 2.05) is 17.9 Å².